The van der Waals surface area contributed by atoms with Crippen molar-refractivity contribution in [3.8, 4) is 11.1 Å². The molecule has 2 aromatic rings. The SMILES string of the molecule is C/C(CC(=O)NC1CCCC1)=N\NC(=O)Cc1ccc(-c2ccccc2)cc1. The van der Waals surface area contributed by atoms with Gasteiger partial charge in [0.15, 0.2) is 0 Å². The van der Waals surface area contributed by atoms with E-state index in [2.05, 4.69) is 28.0 Å². The van der Waals surface area contributed by atoms with Crippen molar-refractivity contribution >= 4 is 17.5 Å². The summed E-state index contributed by atoms with van der Waals surface area (Å²) in [5.74, 6) is -0.220. The van der Waals surface area contributed by atoms with E-state index in [1.54, 1.807) is 6.92 Å². The van der Waals surface area contributed by atoms with Crippen molar-refractivity contribution in [1.82, 2.24) is 10.7 Å². The normalized spacial score (nSPS) is 14.7. The molecule has 1 fully saturated rings. The smallest absolute Gasteiger partial charge is 0.244 e. The van der Waals surface area contributed by atoms with E-state index in [1.807, 2.05) is 42.5 Å². The molecule has 0 aliphatic heterocycles. The molecule has 0 bridgehead atoms. The highest BCUT2D eigenvalue weighted by molar-refractivity contribution is 6.00. The third kappa shape index (κ3) is 6.05. The molecule has 1 aliphatic carbocycles. The molecule has 0 radical (unpaired) electrons. The summed E-state index contributed by atoms with van der Waals surface area (Å²) in [6, 6.07) is 18.3. The minimum Gasteiger partial charge on any atom is -0.353 e. The fourth-order valence-electron chi connectivity index (χ4n) is 3.45. The first-order chi connectivity index (χ1) is 13.6. The Morgan fingerprint density at radius 3 is 2.25 bits per heavy atom. The Morgan fingerprint density at radius 1 is 0.929 bits per heavy atom. The maximum Gasteiger partial charge on any atom is 0.244 e. The van der Waals surface area contributed by atoms with Crippen LogP contribution in [0.3, 0.4) is 0 Å². The van der Waals surface area contributed by atoms with Gasteiger partial charge in [0.2, 0.25) is 11.8 Å². The highest BCUT2D eigenvalue weighted by Gasteiger charge is 2.17. The molecule has 1 aliphatic rings. The molecule has 0 heterocycles. The Hall–Kier alpha value is -2.95. The van der Waals surface area contributed by atoms with Crippen molar-refractivity contribution in [3.63, 3.8) is 0 Å². The van der Waals surface area contributed by atoms with Crippen molar-refractivity contribution in [2.75, 3.05) is 0 Å². The number of carbonyl (C=O) groups is 2. The van der Waals surface area contributed by atoms with E-state index in [4.69, 9.17) is 0 Å². The van der Waals surface area contributed by atoms with E-state index in [1.165, 1.54) is 12.8 Å². The fraction of sp³-hybridized carbons (Fsp3) is 0.348. The third-order valence-electron chi connectivity index (χ3n) is 4.93. The van der Waals surface area contributed by atoms with Gasteiger partial charge >= 0.3 is 0 Å². The second kappa shape index (κ2) is 9.83. The summed E-state index contributed by atoms with van der Waals surface area (Å²) in [5.41, 5.74) is 6.33. The molecule has 2 aromatic carbocycles. The molecule has 3 rings (SSSR count). The Bertz CT molecular complexity index is 823. The van der Waals surface area contributed by atoms with Crippen LogP contribution in [-0.2, 0) is 16.0 Å². The summed E-state index contributed by atoms with van der Waals surface area (Å²) in [5, 5.41) is 7.08. The Morgan fingerprint density at radius 2 is 1.57 bits per heavy atom. The van der Waals surface area contributed by atoms with E-state index >= 15 is 0 Å². The van der Waals surface area contributed by atoms with Gasteiger partial charge in [-0.1, -0.05) is 67.4 Å². The predicted octanol–water partition coefficient (Wildman–Crippen LogP) is 3.84. The standard InChI is InChI=1S/C23H27N3O2/c1-17(15-22(27)24-21-9-5-6-10-21)25-26-23(28)16-18-11-13-20(14-12-18)19-7-3-2-4-8-19/h2-4,7-8,11-14,21H,5-6,9-10,15-16H2,1H3,(H,24,27)(H,26,28)/b25-17+. The minimum absolute atomic E-state index is 0.0288. The lowest BCUT2D eigenvalue weighted by molar-refractivity contribution is -0.121. The van der Waals surface area contributed by atoms with Gasteiger partial charge in [-0.2, -0.15) is 5.10 Å². The van der Waals surface area contributed by atoms with Gasteiger partial charge in [0.05, 0.1) is 12.8 Å². The molecular formula is C23H27N3O2. The van der Waals surface area contributed by atoms with Crippen LogP contribution in [0.2, 0.25) is 0 Å². The first kappa shape index (κ1) is 19.8. The predicted molar refractivity (Wildman–Crippen MR) is 112 cm³/mol. The van der Waals surface area contributed by atoms with Crippen molar-refractivity contribution in [2.45, 2.75) is 51.5 Å². The average molecular weight is 377 g/mol. The van der Waals surface area contributed by atoms with E-state index in [0.29, 0.717) is 11.8 Å². The molecule has 0 aromatic heterocycles. The van der Waals surface area contributed by atoms with Crippen LogP contribution < -0.4 is 10.7 Å². The number of benzene rings is 2. The number of hydrogen-bond acceptors (Lipinski definition) is 3. The van der Waals surface area contributed by atoms with Crippen LogP contribution in [-0.4, -0.2) is 23.6 Å². The first-order valence-corrected chi connectivity index (χ1v) is 9.86. The molecule has 28 heavy (non-hydrogen) atoms. The second-order valence-corrected chi connectivity index (χ2v) is 7.35. The van der Waals surface area contributed by atoms with E-state index in [9.17, 15) is 9.59 Å². The quantitative estimate of drug-likeness (QED) is 0.568. The molecule has 0 unspecified atom stereocenters. The van der Waals surface area contributed by atoms with Crippen LogP contribution in [0.15, 0.2) is 59.7 Å². The van der Waals surface area contributed by atoms with Crippen LogP contribution in [0.4, 0.5) is 0 Å². The zero-order chi connectivity index (χ0) is 19.8. The molecule has 2 N–H and O–H groups in total. The van der Waals surface area contributed by atoms with Gasteiger partial charge in [0, 0.05) is 11.8 Å². The zero-order valence-electron chi connectivity index (χ0n) is 16.3. The third-order valence-corrected chi connectivity index (χ3v) is 4.93. The van der Waals surface area contributed by atoms with Crippen molar-refractivity contribution < 1.29 is 9.59 Å². The number of nitrogens with zero attached hydrogens (tertiary/aromatic N) is 1. The van der Waals surface area contributed by atoms with Gasteiger partial charge < -0.3 is 5.32 Å². The maximum atomic E-state index is 12.1. The lowest BCUT2D eigenvalue weighted by Crippen LogP contribution is -2.34. The summed E-state index contributed by atoms with van der Waals surface area (Å²) < 4.78 is 0. The maximum absolute atomic E-state index is 12.1. The summed E-state index contributed by atoms with van der Waals surface area (Å²) in [4.78, 5) is 24.1. The average Bonchev–Trinajstić information content (AvgIpc) is 3.20. The first-order valence-electron chi connectivity index (χ1n) is 9.86. The van der Waals surface area contributed by atoms with Gasteiger partial charge in [0.25, 0.3) is 0 Å². The molecule has 1 saturated carbocycles. The Balaban J connectivity index is 1.45. The highest BCUT2D eigenvalue weighted by Crippen LogP contribution is 2.19. The van der Waals surface area contributed by atoms with Gasteiger partial charge in [0.1, 0.15) is 0 Å². The molecule has 5 heteroatoms. The largest absolute Gasteiger partial charge is 0.353 e. The van der Waals surface area contributed by atoms with Crippen molar-refractivity contribution in [2.24, 2.45) is 5.10 Å². The minimum atomic E-state index is -0.192. The number of nitrogens with one attached hydrogen (secondary N) is 2. The number of carbonyl (C=O) groups excluding carboxylic acids is 2. The van der Waals surface area contributed by atoms with Crippen LogP contribution in [0.25, 0.3) is 11.1 Å². The number of hydrazone groups is 1. The number of hydrogen-bond donors (Lipinski definition) is 2. The molecule has 146 valence electrons. The second-order valence-electron chi connectivity index (χ2n) is 7.35. The Kier molecular flexibility index (Phi) is 6.95. The van der Waals surface area contributed by atoms with Crippen LogP contribution in [0.1, 0.15) is 44.6 Å². The monoisotopic (exact) mass is 377 g/mol. The summed E-state index contributed by atoms with van der Waals surface area (Å²) in [6.45, 7) is 1.75. The molecule has 2 amide bonds. The number of rotatable bonds is 7. The van der Waals surface area contributed by atoms with Crippen LogP contribution in [0, 0.1) is 0 Å². The number of amides is 2. The van der Waals surface area contributed by atoms with E-state index in [0.717, 1.165) is 29.5 Å². The van der Waals surface area contributed by atoms with Crippen LogP contribution in [0.5, 0.6) is 0 Å². The van der Waals surface area contributed by atoms with Crippen molar-refractivity contribution in [3.05, 3.63) is 60.2 Å². The molecular weight excluding hydrogens is 350 g/mol. The Labute approximate surface area is 166 Å². The molecule has 0 spiro atoms. The molecule has 0 atom stereocenters. The topological polar surface area (TPSA) is 70.6 Å². The molecule has 0 saturated heterocycles. The summed E-state index contributed by atoms with van der Waals surface area (Å²) >= 11 is 0. The van der Waals surface area contributed by atoms with Gasteiger partial charge in [-0.15, -0.1) is 0 Å². The molecule has 5 nitrogen and oxygen atoms in total. The van der Waals surface area contributed by atoms with E-state index in [-0.39, 0.29) is 24.7 Å². The highest BCUT2D eigenvalue weighted by atomic mass is 16.2. The fourth-order valence-corrected chi connectivity index (χ4v) is 3.45. The lowest BCUT2D eigenvalue weighted by atomic mass is 10.0. The zero-order valence-corrected chi connectivity index (χ0v) is 16.3. The van der Waals surface area contributed by atoms with Crippen molar-refractivity contribution in [1.29, 1.82) is 0 Å². The van der Waals surface area contributed by atoms with Gasteiger partial charge in [-0.3, -0.25) is 9.59 Å². The van der Waals surface area contributed by atoms with E-state index < -0.39 is 0 Å². The summed E-state index contributed by atoms with van der Waals surface area (Å²) in [6.07, 6.45) is 4.94. The lowest BCUT2D eigenvalue weighted by Gasteiger charge is -2.11. The summed E-state index contributed by atoms with van der Waals surface area (Å²) in [7, 11) is 0. The van der Waals surface area contributed by atoms with Gasteiger partial charge in [-0.05, 0) is 36.5 Å². The van der Waals surface area contributed by atoms with Crippen LogP contribution >= 0.6 is 0 Å². The van der Waals surface area contributed by atoms with Gasteiger partial charge in [-0.25, -0.2) is 5.43 Å².